The molecule has 5 rings (SSSR count). The number of aliphatic hydroxyl groups is 1. The van der Waals surface area contributed by atoms with Gasteiger partial charge in [-0.2, -0.15) is 9.97 Å². The van der Waals surface area contributed by atoms with Crippen molar-refractivity contribution in [3.05, 3.63) is 77.4 Å². The highest BCUT2D eigenvalue weighted by atomic mass is 35.5. The van der Waals surface area contributed by atoms with Crippen LogP contribution in [0.1, 0.15) is 43.4 Å². The first-order chi connectivity index (χ1) is 21.6. The summed E-state index contributed by atoms with van der Waals surface area (Å²) in [6.07, 6.45) is 0.636. The number of carbonyl (C=O) groups is 1. The second-order valence-electron chi connectivity index (χ2n) is 11.2. The number of aromatic nitrogens is 2. The molecule has 1 aromatic heterocycles. The molecule has 2 saturated heterocycles. The minimum atomic E-state index is -0.464. The lowest BCUT2D eigenvalue weighted by atomic mass is 9.81. The van der Waals surface area contributed by atoms with Gasteiger partial charge in [-0.15, -0.1) is 24.8 Å². The quantitative estimate of drug-likeness (QED) is 0.287. The van der Waals surface area contributed by atoms with E-state index in [-0.39, 0.29) is 54.7 Å². The third-order valence-electron chi connectivity index (χ3n) is 8.48. The Labute approximate surface area is 284 Å². The molecule has 12 heteroatoms. The number of rotatable bonds is 13. The van der Waals surface area contributed by atoms with E-state index in [1.807, 2.05) is 25.7 Å². The maximum Gasteiger partial charge on any atom is 0.323 e. The zero-order valence-corrected chi connectivity index (χ0v) is 28.5. The second-order valence-corrected chi connectivity index (χ2v) is 11.2. The van der Waals surface area contributed by atoms with Crippen molar-refractivity contribution < 1.29 is 24.1 Å². The lowest BCUT2D eigenvalue weighted by Gasteiger charge is -2.53. The van der Waals surface area contributed by atoms with Gasteiger partial charge in [0.2, 0.25) is 17.7 Å². The standard InChI is InChI=1S/C34H45N5O5.2ClH/c1-4-42-32-28(33(43-5-2)36-34(35-32)44-6-3)17-18-37-21-27-22-38(30(41)24-40)19-20-39(27)29(23-37)31(25-13-9-7-10-14-25)26-15-11-8-12-16-26;;/h7-16,27,29,31,40H,4-6,17-24H2,1-3H3;2*1H/t27-,29+;;/m1../s1. The first-order valence-corrected chi connectivity index (χ1v) is 15.8. The molecule has 1 amide bonds. The molecule has 252 valence electrons. The van der Waals surface area contributed by atoms with Crippen LogP contribution in [0.15, 0.2) is 60.7 Å². The predicted octanol–water partition coefficient (Wildman–Crippen LogP) is 4.08. The number of nitrogens with zero attached hydrogens (tertiary/aromatic N) is 5. The van der Waals surface area contributed by atoms with Crippen molar-refractivity contribution in [1.82, 2.24) is 24.7 Å². The van der Waals surface area contributed by atoms with E-state index in [9.17, 15) is 9.90 Å². The molecular formula is C34H47Cl2N5O5. The minimum Gasteiger partial charge on any atom is -0.478 e. The topological polar surface area (TPSA) is 100 Å². The second kappa shape index (κ2) is 18.3. The summed E-state index contributed by atoms with van der Waals surface area (Å²) in [5.74, 6) is 0.923. The Balaban J connectivity index is 0.00000288. The molecule has 0 saturated carbocycles. The summed E-state index contributed by atoms with van der Waals surface area (Å²) in [5.41, 5.74) is 3.38. The van der Waals surface area contributed by atoms with Crippen molar-refractivity contribution in [1.29, 1.82) is 0 Å². The van der Waals surface area contributed by atoms with Gasteiger partial charge in [0.05, 0.1) is 25.4 Å². The van der Waals surface area contributed by atoms with Gasteiger partial charge in [0.25, 0.3) is 0 Å². The highest BCUT2D eigenvalue weighted by Crippen LogP contribution is 2.36. The number of fused-ring (bicyclic) bond motifs is 1. The van der Waals surface area contributed by atoms with Crippen LogP contribution in [0.25, 0.3) is 0 Å². The molecule has 2 aromatic carbocycles. The Kier molecular flexibility index (Phi) is 14.8. The van der Waals surface area contributed by atoms with Crippen molar-refractivity contribution in [2.75, 3.05) is 65.7 Å². The third-order valence-corrected chi connectivity index (χ3v) is 8.48. The highest BCUT2D eigenvalue weighted by molar-refractivity contribution is 5.85. The number of halogens is 2. The average molecular weight is 677 g/mol. The normalized spacial score (nSPS) is 18.2. The van der Waals surface area contributed by atoms with Crippen LogP contribution in [-0.4, -0.2) is 113 Å². The maximum absolute atomic E-state index is 12.6. The van der Waals surface area contributed by atoms with E-state index in [4.69, 9.17) is 14.2 Å². The Morgan fingerprint density at radius 2 is 1.39 bits per heavy atom. The van der Waals surface area contributed by atoms with Crippen LogP contribution in [0.3, 0.4) is 0 Å². The highest BCUT2D eigenvalue weighted by Gasteiger charge is 2.43. The number of piperazine rings is 2. The molecule has 46 heavy (non-hydrogen) atoms. The Morgan fingerprint density at radius 1 is 0.826 bits per heavy atom. The lowest BCUT2D eigenvalue weighted by Crippen LogP contribution is -2.67. The summed E-state index contributed by atoms with van der Waals surface area (Å²) < 4.78 is 17.5. The first-order valence-electron chi connectivity index (χ1n) is 15.8. The molecule has 10 nitrogen and oxygen atoms in total. The third kappa shape index (κ3) is 8.80. The van der Waals surface area contributed by atoms with Gasteiger partial charge in [-0.05, 0) is 38.3 Å². The van der Waals surface area contributed by atoms with Crippen molar-refractivity contribution >= 4 is 30.7 Å². The van der Waals surface area contributed by atoms with Crippen molar-refractivity contribution in [3.8, 4) is 17.8 Å². The fraction of sp³-hybridized carbons (Fsp3) is 0.500. The van der Waals surface area contributed by atoms with Crippen molar-refractivity contribution in [2.24, 2.45) is 0 Å². The molecule has 3 aromatic rings. The van der Waals surface area contributed by atoms with Gasteiger partial charge < -0.3 is 24.2 Å². The summed E-state index contributed by atoms with van der Waals surface area (Å²) in [6.45, 7) is 11.0. The smallest absolute Gasteiger partial charge is 0.323 e. The minimum absolute atomic E-state index is 0. The molecule has 0 radical (unpaired) electrons. The molecular weight excluding hydrogens is 629 g/mol. The van der Waals surface area contributed by atoms with E-state index in [1.165, 1.54) is 11.1 Å². The monoisotopic (exact) mass is 675 g/mol. The van der Waals surface area contributed by atoms with Gasteiger partial charge in [-0.3, -0.25) is 14.6 Å². The van der Waals surface area contributed by atoms with Gasteiger partial charge in [0.15, 0.2) is 0 Å². The Morgan fingerprint density at radius 3 is 1.91 bits per heavy atom. The maximum atomic E-state index is 12.6. The largest absolute Gasteiger partial charge is 0.478 e. The predicted molar refractivity (Wildman–Crippen MR) is 183 cm³/mol. The van der Waals surface area contributed by atoms with E-state index in [0.717, 1.165) is 31.7 Å². The van der Waals surface area contributed by atoms with Crippen molar-refractivity contribution in [2.45, 2.75) is 45.2 Å². The summed E-state index contributed by atoms with van der Waals surface area (Å²) >= 11 is 0. The van der Waals surface area contributed by atoms with Crippen molar-refractivity contribution in [3.63, 3.8) is 0 Å². The summed E-state index contributed by atoms with van der Waals surface area (Å²) in [7, 11) is 0. The van der Waals surface area contributed by atoms with Crippen LogP contribution in [0, 0.1) is 0 Å². The Hall–Kier alpha value is -3.15. The number of hydrogen-bond acceptors (Lipinski definition) is 9. The van der Waals surface area contributed by atoms with Gasteiger partial charge in [0.1, 0.15) is 6.61 Å². The number of amides is 1. The van der Waals surface area contributed by atoms with E-state index in [2.05, 4.69) is 80.4 Å². The zero-order valence-electron chi connectivity index (χ0n) is 26.9. The van der Waals surface area contributed by atoms with Crippen LogP contribution >= 0.6 is 24.8 Å². The van der Waals surface area contributed by atoms with Crippen LogP contribution in [0.4, 0.5) is 0 Å². The zero-order chi connectivity index (χ0) is 30.9. The molecule has 0 unspecified atom stereocenters. The molecule has 2 fully saturated rings. The first kappa shape index (κ1) is 37.3. The van der Waals surface area contributed by atoms with E-state index < -0.39 is 6.61 Å². The molecule has 0 spiro atoms. The van der Waals surface area contributed by atoms with Gasteiger partial charge in [-0.1, -0.05) is 60.7 Å². The number of benzene rings is 2. The fourth-order valence-corrected chi connectivity index (χ4v) is 6.59. The summed E-state index contributed by atoms with van der Waals surface area (Å²) in [5, 5.41) is 9.62. The molecule has 0 aliphatic carbocycles. The van der Waals surface area contributed by atoms with E-state index in [1.54, 1.807) is 0 Å². The van der Waals surface area contributed by atoms with Gasteiger partial charge in [-0.25, -0.2) is 0 Å². The lowest BCUT2D eigenvalue weighted by molar-refractivity contribution is -0.139. The molecule has 0 bridgehead atoms. The molecule has 2 aliphatic rings. The molecule has 3 heterocycles. The SMILES string of the molecule is CCOc1nc(OCC)c(CCN2C[C@@H]3CN(C(=O)CO)CCN3[C@H](C(c3ccccc3)c3ccccc3)C2)c(OCC)n1.Cl.Cl. The van der Waals surface area contributed by atoms with Crippen LogP contribution in [-0.2, 0) is 11.2 Å². The van der Waals surface area contributed by atoms with E-state index in [0.29, 0.717) is 51.1 Å². The van der Waals surface area contributed by atoms with Gasteiger partial charge >= 0.3 is 6.01 Å². The van der Waals surface area contributed by atoms with Crippen LogP contribution in [0.5, 0.6) is 17.8 Å². The van der Waals surface area contributed by atoms with Gasteiger partial charge in [0, 0.05) is 57.3 Å². The summed E-state index contributed by atoms with van der Waals surface area (Å²) in [4.78, 5) is 28.6. The molecule has 2 aliphatic heterocycles. The number of hydrogen-bond donors (Lipinski definition) is 1. The number of carbonyl (C=O) groups excluding carboxylic acids is 1. The molecule has 1 N–H and O–H groups in total. The fourth-order valence-electron chi connectivity index (χ4n) is 6.59. The summed E-state index contributed by atoms with van der Waals surface area (Å²) in [6, 6.07) is 22.0. The van der Waals surface area contributed by atoms with Crippen LogP contribution < -0.4 is 14.2 Å². The average Bonchev–Trinajstić information content (AvgIpc) is 3.05. The Bertz CT molecular complexity index is 1290. The van der Waals surface area contributed by atoms with Crippen LogP contribution in [0.2, 0.25) is 0 Å². The molecule has 2 atom stereocenters. The number of aliphatic hydroxyl groups excluding tert-OH is 1. The number of ether oxygens (including phenoxy) is 3. The van der Waals surface area contributed by atoms with E-state index >= 15 is 0 Å².